The van der Waals surface area contributed by atoms with Gasteiger partial charge in [-0.1, -0.05) is 42.0 Å². The van der Waals surface area contributed by atoms with Crippen molar-refractivity contribution in [2.24, 2.45) is 0 Å². The van der Waals surface area contributed by atoms with Crippen molar-refractivity contribution >= 4 is 0 Å². The van der Waals surface area contributed by atoms with Crippen LogP contribution in [-0.4, -0.2) is 30.6 Å². The second kappa shape index (κ2) is 6.33. The van der Waals surface area contributed by atoms with Crippen molar-refractivity contribution in [1.29, 1.82) is 0 Å². The Kier molecular flexibility index (Phi) is 4.46. The molecular weight excluding hydrogens is 256 g/mol. The van der Waals surface area contributed by atoms with Crippen LogP contribution in [0.2, 0.25) is 0 Å². The van der Waals surface area contributed by atoms with Crippen molar-refractivity contribution in [3.05, 3.63) is 47.5 Å². The average Bonchev–Trinajstić information content (AvgIpc) is 3.03. The van der Waals surface area contributed by atoms with Gasteiger partial charge < -0.3 is 5.32 Å². The Bertz CT molecular complexity index is 494. The van der Waals surface area contributed by atoms with Crippen LogP contribution in [-0.2, 0) is 5.54 Å². The molecule has 2 aliphatic rings. The maximum Gasteiger partial charge on any atom is 0.0535 e. The maximum atomic E-state index is 3.76. The van der Waals surface area contributed by atoms with Crippen LogP contribution in [0.5, 0.6) is 0 Å². The lowest BCUT2D eigenvalue weighted by Crippen LogP contribution is -2.60. The van der Waals surface area contributed by atoms with Gasteiger partial charge in [-0.25, -0.2) is 0 Å². The number of allylic oxidation sites excluding steroid dienone is 1. The molecule has 0 saturated carbocycles. The fourth-order valence-corrected chi connectivity index (χ4v) is 3.67. The van der Waals surface area contributed by atoms with E-state index in [1.807, 2.05) is 0 Å². The van der Waals surface area contributed by atoms with Crippen molar-refractivity contribution in [2.45, 2.75) is 51.1 Å². The SMILES string of the molecule is CC1CNC(C)(c2ccccc2)CN1CCC1=CCCC1. The summed E-state index contributed by atoms with van der Waals surface area (Å²) in [4.78, 5) is 2.67. The van der Waals surface area contributed by atoms with Crippen molar-refractivity contribution in [1.82, 2.24) is 10.2 Å². The van der Waals surface area contributed by atoms with Gasteiger partial charge in [0, 0.05) is 25.7 Å². The van der Waals surface area contributed by atoms with Gasteiger partial charge in [0.2, 0.25) is 0 Å². The molecule has 0 spiro atoms. The van der Waals surface area contributed by atoms with Gasteiger partial charge in [0.15, 0.2) is 0 Å². The quantitative estimate of drug-likeness (QED) is 0.848. The predicted octanol–water partition coefficient (Wildman–Crippen LogP) is 3.70. The van der Waals surface area contributed by atoms with E-state index in [0.717, 1.165) is 13.1 Å². The summed E-state index contributed by atoms with van der Waals surface area (Å²) in [5, 5.41) is 3.76. The van der Waals surface area contributed by atoms with Crippen LogP contribution in [0.15, 0.2) is 42.0 Å². The van der Waals surface area contributed by atoms with E-state index in [1.54, 1.807) is 5.57 Å². The zero-order chi connectivity index (χ0) is 14.7. The number of hydrogen-bond donors (Lipinski definition) is 1. The summed E-state index contributed by atoms with van der Waals surface area (Å²) in [5.41, 5.74) is 3.17. The van der Waals surface area contributed by atoms with Crippen LogP contribution in [0, 0.1) is 0 Å². The Labute approximate surface area is 129 Å². The van der Waals surface area contributed by atoms with Crippen LogP contribution in [0.3, 0.4) is 0 Å². The van der Waals surface area contributed by atoms with E-state index in [2.05, 4.69) is 60.5 Å². The Balaban J connectivity index is 1.66. The molecule has 1 aliphatic heterocycles. The molecule has 0 bridgehead atoms. The van der Waals surface area contributed by atoms with E-state index >= 15 is 0 Å². The van der Waals surface area contributed by atoms with Gasteiger partial charge in [0.25, 0.3) is 0 Å². The normalized spacial score (nSPS) is 30.4. The second-order valence-electron chi connectivity index (χ2n) is 6.90. The van der Waals surface area contributed by atoms with Crippen molar-refractivity contribution in [2.75, 3.05) is 19.6 Å². The van der Waals surface area contributed by atoms with Crippen LogP contribution in [0.4, 0.5) is 0 Å². The highest BCUT2D eigenvalue weighted by molar-refractivity contribution is 5.25. The minimum absolute atomic E-state index is 0.0812. The van der Waals surface area contributed by atoms with Crippen molar-refractivity contribution in [3.8, 4) is 0 Å². The number of hydrogen-bond acceptors (Lipinski definition) is 2. The van der Waals surface area contributed by atoms with E-state index in [1.165, 1.54) is 37.8 Å². The van der Waals surface area contributed by atoms with Gasteiger partial charge in [-0.05, 0) is 45.1 Å². The Morgan fingerprint density at radius 3 is 2.81 bits per heavy atom. The van der Waals surface area contributed by atoms with Crippen molar-refractivity contribution in [3.63, 3.8) is 0 Å². The van der Waals surface area contributed by atoms with Gasteiger partial charge in [-0.2, -0.15) is 0 Å². The first kappa shape index (κ1) is 14.8. The molecule has 114 valence electrons. The van der Waals surface area contributed by atoms with Crippen LogP contribution < -0.4 is 5.32 Å². The summed E-state index contributed by atoms with van der Waals surface area (Å²) in [5.74, 6) is 0. The van der Waals surface area contributed by atoms with E-state index in [-0.39, 0.29) is 5.54 Å². The Hall–Kier alpha value is -1.12. The third-order valence-corrected chi connectivity index (χ3v) is 5.20. The highest BCUT2D eigenvalue weighted by atomic mass is 15.2. The molecule has 2 nitrogen and oxygen atoms in total. The molecule has 21 heavy (non-hydrogen) atoms. The zero-order valence-electron chi connectivity index (χ0n) is 13.4. The third kappa shape index (κ3) is 3.38. The molecule has 2 heteroatoms. The first-order valence-corrected chi connectivity index (χ1v) is 8.40. The van der Waals surface area contributed by atoms with E-state index in [9.17, 15) is 0 Å². The fourth-order valence-electron chi connectivity index (χ4n) is 3.67. The van der Waals surface area contributed by atoms with Gasteiger partial charge >= 0.3 is 0 Å². The molecule has 1 aliphatic carbocycles. The fraction of sp³-hybridized carbons (Fsp3) is 0.579. The number of nitrogens with zero attached hydrogens (tertiary/aromatic N) is 1. The summed E-state index contributed by atoms with van der Waals surface area (Å²) < 4.78 is 0. The molecule has 1 heterocycles. The molecule has 0 aromatic heterocycles. The molecule has 0 amide bonds. The number of piperazine rings is 1. The molecule has 2 unspecified atom stereocenters. The molecule has 1 saturated heterocycles. The summed E-state index contributed by atoms with van der Waals surface area (Å²) in [6, 6.07) is 11.5. The van der Waals surface area contributed by atoms with E-state index in [4.69, 9.17) is 0 Å². The molecular formula is C19H28N2. The van der Waals surface area contributed by atoms with Gasteiger partial charge in [0.1, 0.15) is 0 Å². The minimum atomic E-state index is 0.0812. The molecule has 3 rings (SSSR count). The molecule has 0 radical (unpaired) electrons. The number of nitrogens with one attached hydrogen (secondary N) is 1. The lowest BCUT2D eigenvalue weighted by atomic mass is 9.88. The summed E-state index contributed by atoms with van der Waals surface area (Å²) in [6.07, 6.45) is 7.72. The molecule has 2 atom stereocenters. The molecule has 1 N–H and O–H groups in total. The highest BCUT2D eigenvalue weighted by Gasteiger charge is 2.35. The topological polar surface area (TPSA) is 15.3 Å². The minimum Gasteiger partial charge on any atom is -0.305 e. The standard InChI is InChI=1S/C19H28N2/c1-16-14-20-19(2,18-10-4-3-5-11-18)15-21(16)13-12-17-8-6-7-9-17/h3-5,8,10-11,16,20H,6-7,9,12-15H2,1-2H3. The lowest BCUT2D eigenvalue weighted by molar-refractivity contribution is 0.0956. The Morgan fingerprint density at radius 2 is 2.10 bits per heavy atom. The van der Waals surface area contributed by atoms with Gasteiger partial charge in [-0.15, -0.1) is 0 Å². The maximum absolute atomic E-state index is 3.76. The third-order valence-electron chi connectivity index (χ3n) is 5.20. The molecule has 1 fully saturated rings. The molecule has 1 aromatic carbocycles. The predicted molar refractivity (Wildman–Crippen MR) is 89.4 cm³/mol. The van der Waals surface area contributed by atoms with Gasteiger partial charge in [0.05, 0.1) is 5.54 Å². The van der Waals surface area contributed by atoms with Crippen LogP contribution in [0.1, 0.15) is 45.1 Å². The number of rotatable bonds is 4. The van der Waals surface area contributed by atoms with Crippen LogP contribution in [0.25, 0.3) is 0 Å². The average molecular weight is 284 g/mol. The van der Waals surface area contributed by atoms with Gasteiger partial charge in [-0.3, -0.25) is 4.90 Å². The largest absolute Gasteiger partial charge is 0.305 e. The first-order valence-electron chi connectivity index (χ1n) is 8.40. The van der Waals surface area contributed by atoms with Crippen molar-refractivity contribution < 1.29 is 0 Å². The highest BCUT2D eigenvalue weighted by Crippen LogP contribution is 2.28. The summed E-state index contributed by atoms with van der Waals surface area (Å²) >= 11 is 0. The second-order valence-corrected chi connectivity index (χ2v) is 6.90. The van der Waals surface area contributed by atoms with Crippen LogP contribution >= 0.6 is 0 Å². The van der Waals surface area contributed by atoms with E-state index in [0.29, 0.717) is 6.04 Å². The zero-order valence-corrected chi connectivity index (χ0v) is 13.4. The summed E-state index contributed by atoms with van der Waals surface area (Å²) in [6.45, 7) is 8.07. The number of benzene rings is 1. The first-order chi connectivity index (χ1) is 10.2. The smallest absolute Gasteiger partial charge is 0.0535 e. The summed E-state index contributed by atoms with van der Waals surface area (Å²) in [7, 11) is 0. The van der Waals surface area contributed by atoms with E-state index < -0.39 is 0 Å². The molecule has 1 aromatic rings. The lowest BCUT2D eigenvalue weighted by Gasteiger charge is -2.45. The monoisotopic (exact) mass is 284 g/mol. The Morgan fingerprint density at radius 1 is 1.29 bits per heavy atom.